The van der Waals surface area contributed by atoms with Gasteiger partial charge in [-0.05, 0) is 60.2 Å². The number of benzene rings is 2. The molecule has 29 heavy (non-hydrogen) atoms. The summed E-state index contributed by atoms with van der Waals surface area (Å²) in [6, 6.07) is 10.2. The molecular weight excluding hydrogens is 381 g/mol. The SMILES string of the molecule is CC(=O)C(C)Oc1ccc2c(c1)B(O)OC2.OB1OCc2ccc(O)cc21.[2H]CF. The number of Topliss-reactive ketones (excluding diaryl/α,β-unsaturated/α-hetero) is 1. The molecule has 0 bridgehead atoms. The molecule has 3 N–H and O–H groups in total. The van der Waals surface area contributed by atoms with Crippen molar-refractivity contribution in [1.82, 2.24) is 0 Å². The lowest BCUT2D eigenvalue weighted by atomic mass is 9.79. The number of phenols is 1. The highest BCUT2D eigenvalue weighted by molar-refractivity contribution is 6.62. The zero-order chi connectivity index (χ0) is 22.3. The normalized spacial score (nSPS) is 15.1. The third-order valence-corrected chi connectivity index (χ3v) is 4.46. The number of fused-ring (bicyclic) bond motifs is 2. The van der Waals surface area contributed by atoms with E-state index in [9.17, 15) is 19.2 Å². The lowest BCUT2D eigenvalue weighted by Gasteiger charge is -2.12. The van der Waals surface area contributed by atoms with Gasteiger partial charge in [0, 0.05) is 0 Å². The van der Waals surface area contributed by atoms with Gasteiger partial charge in [0.25, 0.3) is 0 Å². The zero-order valence-electron chi connectivity index (χ0n) is 17.2. The molecular formula is C19H23B2FO7. The van der Waals surface area contributed by atoms with E-state index in [0.717, 1.165) is 11.1 Å². The minimum atomic E-state index is -1.00. The van der Waals surface area contributed by atoms with E-state index in [1.165, 1.54) is 13.0 Å². The maximum atomic E-state index is 11.0. The van der Waals surface area contributed by atoms with Crippen LogP contribution in [0.4, 0.5) is 4.39 Å². The molecule has 154 valence electrons. The van der Waals surface area contributed by atoms with Crippen LogP contribution >= 0.6 is 0 Å². The van der Waals surface area contributed by atoms with E-state index in [0.29, 0.717) is 29.9 Å². The van der Waals surface area contributed by atoms with Crippen LogP contribution < -0.4 is 15.7 Å². The molecule has 0 saturated heterocycles. The number of aromatic hydroxyl groups is 1. The summed E-state index contributed by atoms with van der Waals surface area (Å²) >= 11 is 0. The minimum absolute atomic E-state index is 0.0303. The fourth-order valence-electron chi connectivity index (χ4n) is 2.76. The lowest BCUT2D eigenvalue weighted by molar-refractivity contribution is -0.122. The molecule has 7 nitrogen and oxygen atoms in total. The van der Waals surface area contributed by atoms with Gasteiger partial charge in [-0.3, -0.25) is 9.18 Å². The third kappa shape index (κ3) is 5.80. The van der Waals surface area contributed by atoms with E-state index in [4.69, 9.17) is 20.5 Å². The predicted molar refractivity (Wildman–Crippen MR) is 107 cm³/mol. The van der Waals surface area contributed by atoms with Gasteiger partial charge in [-0.15, -0.1) is 0 Å². The van der Waals surface area contributed by atoms with Crippen molar-refractivity contribution < 1.29 is 39.8 Å². The van der Waals surface area contributed by atoms with Gasteiger partial charge in [-0.2, -0.15) is 0 Å². The van der Waals surface area contributed by atoms with Crippen LogP contribution in [-0.2, 0) is 27.3 Å². The zero-order valence-corrected chi connectivity index (χ0v) is 16.2. The number of carbonyl (C=O) groups excluding carboxylic acids is 1. The molecule has 1 unspecified atom stereocenters. The monoisotopic (exact) mass is 405 g/mol. The summed E-state index contributed by atoms with van der Waals surface area (Å²) in [6.07, 6.45) is -0.475. The number of rotatable bonds is 3. The highest BCUT2D eigenvalue weighted by atomic mass is 19.1. The van der Waals surface area contributed by atoms with Gasteiger partial charge < -0.3 is 29.2 Å². The molecule has 0 fully saturated rings. The minimum Gasteiger partial charge on any atom is -0.508 e. The number of alkyl halides is 1. The number of phenolic OH excluding ortho intramolecular Hbond substituents is 1. The van der Waals surface area contributed by atoms with Crippen molar-refractivity contribution in [2.24, 2.45) is 0 Å². The molecule has 4 rings (SSSR count). The van der Waals surface area contributed by atoms with E-state index in [-0.39, 0.29) is 11.5 Å². The lowest BCUT2D eigenvalue weighted by Crippen LogP contribution is -2.28. The quantitative estimate of drug-likeness (QED) is 0.638. The third-order valence-electron chi connectivity index (χ3n) is 4.46. The number of halogens is 1. The number of ketones is 1. The summed E-state index contributed by atoms with van der Waals surface area (Å²) in [5, 5.41) is 27.7. The Balaban J connectivity index is 0.000000198. The van der Waals surface area contributed by atoms with Gasteiger partial charge in [0.15, 0.2) is 11.9 Å². The first-order chi connectivity index (χ1) is 14.3. The molecule has 1 atom stereocenters. The largest absolute Gasteiger partial charge is 0.508 e. The van der Waals surface area contributed by atoms with Gasteiger partial charge in [0.1, 0.15) is 11.5 Å². The van der Waals surface area contributed by atoms with Gasteiger partial charge in [0.05, 0.1) is 21.7 Å². The van der Waals surface area contributed by atoms with E-state index < -0.39 is 27.5 Å². The molecule has 2 aromatic rings. The Bertz CT molecular complexity index is 871. The molecule has 2 heterocycles. The number of ether oxygens (including phenoxy) is 1. The van der Waals surface area contributed by atoms with Gasteiger partial charge in [0.2, 0.25) is 0 Å². The Morgan fingerprint density at radius 1 is 1.14 bits per heavy atom. The summed E-state index contributed by atoms with van der Waals surface area (Å²) in [7, 11) is -2.75. The highest BCUT2D eigenvalue weighted by Crippen LogP contribution is 2.17. The standard InChI is InChI=1S/C11H13BO4.C7H7BO3.CH3F/c1-7(13)8(2)16-10-4-3-9-6-15-12(14)11(9)5-10;9-6-2-1-5-4-11-8(10)7(5)3-6;1-2/h3-5,8,14H,6H2,1-2H3;1-3,9-10H,4H2;1H3/i;;1D. The Kier molecular flexibility index (Phi) is 7.65. The molecule has 2 aliphatic rings. The van der Waals surface area contributed by atoms with Crippen LogP contribution in [0.2, 0.25) is 0 Å². The fourth-order valence-corrected chi connectivity index (χ4v) is 2.76. The fraction of sp³-hybridized carbons (Fsp3) is 0.316. The summed E-state index contributed by atoms with van der Waals surface area (Å²) < 4.78 is 30.9. The molecule has 2 aromatic carbocycles. The molecule has 0 spiro atoms. The van der Waals surface area contributed by atoms with Crippen LogP contribution in [0.25, 0.3) is 0 Å². The van der Waals surface area contributed by atoms with Gasteiger partial charge in [-0.25, -0.2) is 0 Å². The van der Waals surface area contributed by atoms with Gasteiger partial charge >= 0.3 is 14.2 Å². The van der Waals surface area contributed by atoms with Crippen LogP contribution in [0.5, 0.6) is 11.5 Å². The van der Waals surface area contributed by atoms with Crippen molar-refractivity contribution >= 4 is 30.9 Å². The maximum Gasteiger partial charge on any atom is 0.491 e. The second-order valence-electron chi connectivity index (χ2n) is 6.44. The van der Waals surface area contributed by atoms with Gasteiger partial charge in [-0.1, -0.05) is 12.1 Å². The second-order valence-corrected chi connectivity index (χ2v) is 6.44. The molecule has 0 radical (unpaired) electrons. The summed E-state index contributed by atoms with van der Waals surface area (Å²) in [5.74, 6) is 0.705. The Labute approximate surface area is 170 Å². The summed E-state index contributed by atoms with van der Waals surface area (Å²) in [4.78, 5) is 11.0. The topological polar surface area (TPSA) is 105 Å². The molecule has 0 amide bonds. The highest BCUT2D eigenvalue weighted by Gasteiger charge is 2.28. The van der Waals surface area contributed by atoms with Crippen LogP contribution in [0.1, 0.15) is 26.3 Å². The van der Waals surface area contributed by atoms with E-state index >= 15 is 0 Å². The number of hydrogen-bond donors (Lipinski definition) is 3. The predicted octanol–water partition coefficient (Wildman–Crippen LogP) is 0.456. The van der Waals surface area contributed by atoms with E-state index in [1.807, 2.05) is 6.07 Å². The number of carbonyl (C=O) groups is 1. The Morgan fingerprint density at radius 3 is 2.21 bits per heavy atom. The average Bonchev–Trinajstić information content (AvgIpc) is 3.26. The van der Waals surface area contributed by atoms with Crippen LogP contribution in [0, 0.1) is 0 Å². The first-order valence-corrected chi connectivity index (χ1v) is 8.83. The second kappa shape index (κ2) is 10.4. The van der Waals surface area contributed by atoms with Crippen LogP contribution in [0.3, 0.4) is 0 Å². The van der Waals surface area contributed by atoms with Crippen molar-refractivity contribution in [3.8, 4) is 11.5 Å². The maximum absolute atomic E-state index is 11.0. The van der Waals surface area contributed by atoms with Crippen molar-refractivity contribution in [3.63, 3.8) is 0 Å². The van der Waals surface area contributed by atoms with Crippen molar-refractivity contribution in [2.75, 3.05) is 7.15 Å². The Morgan fingerprint density at radius 2 is 1.66 bits per heavy atom. The molecule has 0 aromatic heterocycles. The van der Waals surface area contributed by atoms with Crippen molar-refractivity contribution in [1.29, 1.82) is 0 Å². The molecule has 2 aliphatic heterocycles. The van der Waals surface area contributed by atoms with Crippen LogP contribution in [0.15, 0.2) is 36.4 Å². The Hall–Kier alpha value is -2.39. The first kappa shape index (κ1) is 21.3. The van der Waals surface area contributed by atoms with Crippen molar-refractivity contribution in [3.05, 3.63) is 47.5 Å². The summed E-state index contributed by atoms with van der Waals surface area (Å²) in [6.45, 7) is 4.02. The van der Waals surface area contributed by atoms with E-state index in [1.54, 1.807) is 31.2 Å². The van der Waals surface area contributed by atoms with E-state index in [2.05, 4.69) is 0 Å². The first-order valence-electron chi connectivity index (χ1n) is 9.53. The molecule has 0 saturated carbocycles. The van der Waals surface area contributed by atoms with Crippen molar-refractivity contribution in [2.45, 2.75) is 33.2 Å². The average molecular weight is 405 g/mol. The molecule has 10 heteroatoms. The van der Waals surface area contributed by atoms with Crippen LogP contribution in [-0.4, -0.2) is 48.4 Å². The summed E-state index contributed by atoms with van der Waals surface area (Å²) in [5.41, 5.74) is 3.28. The smallest absolute Gasteiger partial charge is 0.491 e. The number of hydrogen-bond acceptors (Lipinski definition) is 7. The molecule has 0 aliphatic carbocycles.